The lowest BCUT2D eigenvalue weighted by Crippen LogP contribution is -2.23. The fraction of sp³-hybridized carbons (Fsp3) is 0.263. The first-order chi connectivity index (χ1) is 10.4. The zero-order valence-corrected chi connectivity index (χ0v) is 12.3. The van der Waals surface area contributed by atoms with Gasteiger partial charge in [-0.15, -0.1) is 0 Å². The summed E-state index contributed by atoms with van der Waals surface area (Å²) >= 11 is 0. The van der Waals surface area contributed by atoms with Gasteiger partial charge in [0.2, 0.25) is 0 Å². The van der Waals surface area contributed by atoms with Crippen LogP contribution < -0.4 is 5.32 Å². The molecule has 1 unspecified atom stereocenters. The topological polar surface area (TPSA) is 17.0 Å². The molecule has 1 N–H and O–H groups in total. The second-order valence-corrected chi connectivity index (χ2v) is 5.81. The van der Waals surface area contributed by atoms with Crippen molar-refractivity contribution in [3.8, 4) is 11.3 Å². The Bertz CT molecular complexity index is 785. The number of aromatic nitrogens is 1. The Kier molecular flexibility index (Phi) is 2.95. The van der Waals surface area contributed by atoms with Gasteiger partial charge in [0.1, 0.15) is 6.17 Å². The minimum atomic E-state index is 0.356. The van der Waals surface area contributed by atoms with Crippen molar-refractivity contribution in [2.45, 2.75) is 32.4 Å². The van der Waals surface area contributed by atoms with E-state index < -0.39 is 0 Å². The first-order valence-electron chi connectivity index (χ1n) is 7.84. The molecule has 4 rings (SSSR count). The van der Waals surface area contributed by atoms with Crippen molar-refractivity contribution in [1.29, 1.82) is 0 Å². The van der Waals surface area contributed by atoms with Gasteiger partial charge in [-0.25, -0.2) is 0 Å². The first kappa shape index (κ1) is 12.5. The van der Waals surface area contributed by atoms with Crippen LogP contribution in [0.5, 0.6) is 0 Å². The number of unbranched alkanes of at least 4 members (excludes halogenated alkanes) is 1. The van der Waals surface area contributed by atoms with Crippen LogP contribution >= 0.6 is 0 Å². The van der Waals surface area contributed by atoms with Crippen molar-refractivity contribution in [2.24, 2.45) is 0 Å². The van der Waals surface area contributed by atoms with Crippen molar-refractivity contribution in [1.82, 2.24) is 4.57 Å². The first-order valence-corrected chi connectivity index (χ1v) is 7.84. The molecule has 0 saturated heterocycles. The van der Waals surface area contributed by atoms with E-state index in [1.165, 1.54) is 40.7 Å². The second kappa shape index (κ2) is 4.96. The third kappa shape index (κ3) is 1.94. The maximum absolute atomic E-state index is 3.73. The molecule has 0 bridgehead atoms. The minimum absolute atomic E-state index is 0.356. The SMILES string of the molecule is CCCCC1Nc2ccccc2-c2cc3ccccc3n21. The maximum Gasteiger partial charge on any atom is 0.104 e. The summed E-state index contributed by atoms with van der Waals surface area (Å²) in [4.78, 5) is 0. The number of rotatable bonds is 3. The Morgan fingerprint density at radius 1 is 1.05 bits per heavy atom. The van der Waals surface area contributed by atoms with E-state index in [0.717, 1.165) is 6.42 Å². The van der Waals surface area contributed by atoms with E-state index >= 15 is 0 Å². The van der Waals surface area contributed by atoms with Crippen LogP contribution in [0.1, 0.15) is 32.4 Å². The van der Waals surface area contributed by atoms with Gasteiger partial charge in [0.15, 0.2) is 0 Å². The van der Waals surface area contributed by atoms with Gasteiger partial charge in [-0.3, -0.25) is 0 Å². The summed E-state index contributed by atoms with van der Waals surface area (Å²) in [7, 11) is 0. The Balaban J connectivity index is 1.95. The Labute approximate surface area is 125 Å². The second-order valence-electron chi connectivity index (χ2n) is 5.81. The fourth-order valence-electron chi connectivity index (χ4n) is 3.39. The summed E-state index contributed by atoms with van der Waals surface area (Å²) in [5, 5.41) is 5.06. The van der Waals surface area contributed by atoms with E-state index in [0.29, 0.717) is 6.17 Å². The summed E-state index contributed by atoms with van der Waals surface area (Å²) in [6, 6.07) is 19.7. The van der Waals surface area contributed by atoms with E-state index in [-0.39, 0.29) is 0 Å². The molecule has 2 heterocycles. The van der Waals surface area contributed by atoms with Gasteiger partial charge >= 0.3 is 0 Å². The predicted molar refractivity (Wildman–Crippen MR) is 89.6 cm³/mol. The van der Waals surface area contributed by atoms with Crippen molar-refractivity contribution < 1.29 is 0 Å². The van der Waals surface area contributed by atoms with Crippen LogP contribution in [0.15, 0.2) is 54.6 Å². The van der Waals surface area contributed by atoms with Gasteiger partial charge in [0.25, 0.3) is 0 Å². The van der Waals surface area contributed by atoms with Crippen LogP contribution in [0.4, 0.5) is 5.69 Å². The molecule has 106 valence electrons. The predicted octanol–water partition coefficient (Wildman–Crippen LogP) is 5.42. The summed E-state index contributed by atoms with van der Waals surface area (Å²) < 4.78 is 2.48. The number of hydrogen-bond donors (Lipinski definition) is 1. The van der Waals surface area contributed by atoms with Gasteiger partial charge in [0.05, 0.1) is 11.2 Å². The lowest BCUT2D eigenvalue weighted by Gasteiger charge is -2.31. The zero-order valence-electron chi connectivity index (χ0n) is 12.3. The number of nitrogens with one attached hydrogen (secondary N) is 1. The highest BCUT2D eigenvalue weighted by Gasteiger charge is 2.24. The standard InChI is InChI=1S/C19H20N2/c1-2-3-12-19-20-16-10-6-5-9-15(16)18-13-14-8-4-7-11-17(14)21(18)19/h4-11,13,19-20H,2-3,12H2,1H3. The van der Waals surface area contributed by atoms with Crippen LogP contribution in [0.25, 0.3) is 22.2 Å². The molecule has 21 heavy (non-hydrogen) atoms. The molecule has 0 amide bonds. The van der Waals surface area contributed by atoms with Crippen LogP contribution in [0, 0.1) is 0 Å². The molecule has 0 saturated carbocycles. The summed E-state index contributed by atoms with van der Waals surface area (Å²) in [6.07, 6.45) is 3.99. The van der Waals surface area contributed by atoms with Crippen LogP contribution in [-0.2, 0) is 0 Å². The van der Waals surface area contributed by atoms with Gasteiger partial charge < -0.3 is 9.88 Å². The molecule has 2 aromatic carbocycles. The quantitative estimate of drug-likeness (QED) is 0.675. The molecule has 0 aliphatic carbocycles. The van der Waals surface area contributed by atoms with E-state index in [2.05, 4.69) is 71.4 Å². The molecule has 2 heteroatoms. The number of nitrogens with zero attached hydrogens (tertiary/aromatic N) is 1. The summed E-state index contributed by atoms with van der Waals surface area (Å²) in [6.45, 7) is 2.26. The smallest absolute Gasteiger partial charge is 0.104 e. The molecular formula is C19H20N2. The number of fused-ring (bicyclic) bond motifs is 5. The fourth-order valence-corrected chi connectivity index (χ4v) is 3.39. The molecule has 1 atom stereocenters. The van der Waals surface area contributed by atoms with Crippen molar-refractivity contribution in [2.75, 3.05) is 5.32 Å². The lowest BCUT2D eigenvalue weighted by molar-refractivity contribution is 0.509. The minimum Gasteiger partial charge on any atom is -0.364 e. The molecule has 3 aromatic rings. The van der Waals surface area contributed by atoms with E-state index in [1.807, 2.05) is 0 Å². The molecule has 1 aliphatic heterocycles. The number of para-hydroxylation sites is 2. The zero-order chi connectivity index (χ0) is 14.2. The summed E-state index contributed by atoms with van der Waals surface area (Å²) in [5.41, 5.74) is 5.23. The van der Waals surface area contributed by atoms with Crippen molar-refractivity contribution in [3.05, 3.63) is 54.6 Å². The van der Waals surface area contributed by atoms with Gasteiger partial charge in [-0.2, -0.15) is 0 Å². The largest absolute Gasteiger partial charge is 0.364 e. The summed E-state index contributed by atoms with van der Waals surface area (Å²) in [5.74, 6) is 0. The third-order valence-electron chi connectivity index (χ3n) is 4.42. The molecule has 2 nitrogen and oxygen atoms in total. The van der Waals surface area contributed by atoms with E-state index in [4.69, 9.17) is 0 Å². The number of hydrogen-bond acceptors (Lipinski definition) is 1. The van der Waals surface area contributed by atoms with Gasteiger partial charge in [-0.05, 0) is 31.0 Å². The average Bonchev–Trinajstić information content (AvgIpc) is 2.92. The molecule has 0 spiro atoms. The van der Waals surface area contributed by atoms with E-state index in [9.17, 15) is 0 Å². The van der Waals surface area contributed by atoms with Gasteiger partial charge in [-0.1, -0.05) is 49.7 Å². The Morgan fingerprint density at radius 2 is 1.86 bits per heavy atom. The average molecular weight is 276 g/mol. The molecule has 0 fully saturated rings. The normalized spacial score (nSPS) is 16.3. The lowest BCUT2D eigenvalue weighted by atomic mass is 10.0. The molecule has 0 radical (unpaired) electrons. The highest BCUT2D eigenvalue weighted by Crippen LogP contribution is 2.41. The molecule has 1 aliphatic rings. The van der Waals surface area contributed by atoms with Crippen LogP contribution in [0.2, 0.25) is 0 Å². The van der Waals surface area contributed by atoms with E-state index in [1.54, 1.807) is 0 Å². The monoisotopic (exact) mass is 276 g/mol. The van der Waals surface area contributed by atoms with Crippen LogP contribution in [-0.4, -0.2) is 4.57 Å². The molecular weight excluding hydrogens is 256 g/mol. The van der Waals surface area contributed by atoms with Crippen molar-refractivity contribution >= 4 is 16.6 Å². The van der Waals surface area contributed by atoms with Crippen molar-refractivity contribution in [3.63, 3.8) is 0 Å². The Morgan fingerprint density at radius 3 is 2.76 bits per heavy atom. The number of anilines is 1. The highest BCUT2D eigenvalue weighted by atomic mass is 15.2. The Hall–Kier alpha value is -2.22. The number of benzene rings is 2. The highest BCUT2D eigenvalue weighted by molar-refractivity contribution is 5.91. The van der Waals surface area contributed by atoms with Crippen LogP contribution in [0.3, 0.4) is 0 Å². The third-order valence-corrected chi connectivity index (χ3v) is 4.42. The molecule has 1 aromatic heterocycles. The maximum atomic E-state index is 3.73. The van der Waals surface area contributed by atoms with Gasteiger partial charge in [0, 0.05) is 16.6 Å².